The highest BCUT2D eigenvalue weighted by molar-refractivity contribution is 8.15. The zero-order valence-electron chi connectivity index (χ0n) is 13.3. The Balaban J connectivity index is 1.61. The predicted octanol–water partition coefficient (Wildman–Crippen LogP) is 2.74. The molecule has 2 aromatic carbocycles. The van der Waals surface area contributed by atoms with E-state index in [4.69, 9.17) is 0 Å². The van der Waals surface area contributed by atoms with Crippen molar-refractivity contribution in [3.8, 4) is 0 Å². The number of nitro groups is 1. The fourth-order valence-corrected chi connectivity index (χ4v) is 3.26. The molecule has 0 aliphatic carbocycles. The summed E-state index contributed by atoms with van der Waals surface area (Å²) in [5, 5.41) is 14.8. The molecule has 0 spiro atoms. The minimum Gasteiger partial charge on any atom is -0.322 e. The Labute approximate surface area is 152 Å². The van der Waals surface area contributed by atoms with Crippen LogP contribution in [0.15, 0.2) is 48.5 Å². The van der Waals surface area contributed by atoms with E-state index in [1.165, 1.54) is 24.3 Å². The van der Waals surface area contributed by atoms with Gasteiger partial charge in [0.2, 0.25) is 5.91 Å². The molecule has 1 saturated heterocycles. The number of benzene rings is 2. The number of carbonyl (C=O) groups excluding carboxylic acids is 3. The third kappa shape index (κ3) is 4.06. The number of non-ortho nitro benzene ring substituents is 1. The van der Waals surface area contributed by atoms with Gasteiger partial charge in [-0.3, -0.25) is 29.8 Å². The molecule has 1 atom stereocenters. The number of thioether (sulfide) groups is 1. The topological polar surface area (TPSA) is 118 Å². The van der Waals surface area contributed by atoms with Crippen molar-refractivity contribution in [1.82, 2.24) is 5.32 Å². The number of carbonyl (C=O) groups is 3. The van der Waals surface area contributed by atoms with Crippen molar-refractivity contribution in [2.24, 2.45) is 0 Å². The van der Waals surface area contributed by atoms with Crippen LogP contribution in [-0.4, -0.2) is 27.2 Å². The number of hydrogen-bond acceptors (Lipinski definition) is 6. The van der Waals surface area contributed by atoms with Crippen molar-refractivity contribution in [3.63, 3.8) is 0 Å². The van der Waals surface area contributed by atoms with Crippen LogP contribution in [0, 0.1) is 10.1 Å². The molecule has 2 N–H and O–H groups in total. The lowest BCUT2D eigenvalue weighted by Crippen LogP contribution is -2.25. The Morgan fingerprint density at radius 2 is 1.77 bits per heavy atom. The van der Waals surface area contributed by atoms with Gasteiger partial charge in [-0.05, 0) is 36.2 Å². The van der Waals surface area contributed by atoms with Crippen LogP contribution >= 0.6 is 11.8 Å². The predicted molar refractivity (Wildman–Crippen MR) is 96.1 cm³/mol. The van der Waals surface area contributed by atoms with Crippen molar-refractivity contribution < 1.29 is 19.3 Å². The van der Waals surface area contributed by atoms with Gasteiger partial charge in [0, 0.05) is 23.4 Å². The average Bonchev–Trinajstić information content (AvgIpc) is 2.94. The molecule has 26 heavy (non-hydrogen) atoms. The van der Waals surface area contributed by atoms with Crippen molar-refractivity contribution in [1.29, 1.82) is 0 Å². The van der Waals surface area contributed by atoms with Gasteiger partial charge in [-0.25, -0.2) is 0 Å². The molecule has 2 aromatic rings. The lowest BCUT2D eigenvalue weighted by atomic mass is 10.1. The summed E-state index contributed by atoms with van der Waals surface area (Å²) in [5.74, 6) is -0.681. The van der Waals surface area contributed by atoms with Gasteiger partial charge in [0.05, 0.1) is 10.2 Å². The number of rotatable bonds is 5. The van der Waals surface area contributed by atoms with Gasteiger partial charge in [-0.2, -0.15) is 0 Å². The van der Waals surface area contributed by atoms with E-state index in [2.05, 4.69) is 10.6 Å². The molecule has 1 aliphatic rings. The molecule has 0 radical (unpaired) electrons. The van der Waals surface area contributed by atoms with Gasteiger partial charge >= 0.3 is 0 Å². The molecule has 3 rings (SSSR count). The van der Waals surface area contributed by atoms with Crippen LogP contribution in [0.3, 0.4) is 0 Å². The molecule has 1 unspecified atom stereocenters. The Hall–Kier alpha value is -3.20. The second-order valence-electron chi connectivity index (χ2n) is 5.54. The molecule has 132 valence electrons. The van der Waals surface area contributed by atoms with Gasteiger partial charge in [-0.15, -0.1) is 0 Å². The Morgan fingerprint density at radius 1 is 1.12 bits per heavy atom. The van der Waals surface area contributed by atoms with Crippen LogP contribution in [0.4, 0.5) is 16.2 Å². The van der Waals surface area contributed by atoms with Gasteiger partial charge in [0.15, 0.2) is 0 Å². The molecule has 1 heterocycles. The number of amides is 3. The summed E-state index contributed by atoms with van der Waals surface area (Å²) in [5.41, 5.74) is 1.63. The normalized spacial score (nSPS) is 16.2. The summed E-state index contributed by atoms with van der Waals surface area (Å²) in [4.78, 5) is 45.0. The molecule has 0 aromatic heterocycles. The first kappa shape index (κ1) is 17.6. The van der Waals surface area contributed by atoms with Crippen LogP contribution in [0.5, 0.6) is 0 Å². The fourth-order valence-electron chi connectivity index (χ4n) is 2.40. The van der Waals surface area contributed by atoms with Gasteiger partial charge in [0.1, 0.15) is 0 Å². The zero-order valence-corrected chi connectivity index (χ0v) is 14.1. The van der Waals surface area contributed by atoms with E-state index in [0.717, 1.165) is 17.3 Å². The van der Waals surface area contributed by atoms with E-state index in [9.17, 15) is 24.5 Å². The summed E-state index contributed by atoms with van der Waals surface area (Å²) in [6.45, 7) is 0. The van der Waals surface area contributed by atoms with E-state index in [1.54, 1.807) is 24.3 Å². The SMILES string of the molecule is O=C1NC(=O)C(Cc2ccc(NC(=O)c3ccc([N+](=O)[O-])cc3)cc2)S1. The lowest BCUT2D eigenvalue weighted by Gasteiger charge is -2.08. The van der Waals surface area contributed by atoms with Crippen molar-refractivity contribution >= 4 is 40.2 Å². The van der Waals surface area contributed by atoms with Gasteiger partial charge < -0.3 is 5.32 Å². The summed E-state index contributed by atoms with van der Waals surface area (Å²) in [7, 11) is 0. The Bertz CT molecular complexity index is 880. The second-order valence-corrected chi connectivity index (χ2v) is 6.72. The second kappa shape index (κ2) is 7.36. The third-order valence-corrected chi connectivity index (χ3v) is 4.72. The quantitative estimate of drug-likeness (QED) is 0.616. The maximum absolute atomic E-state index is 12.2. The highest BCUT2D eigenvalue weighted by atomic mass is 32.2. The number of hydrogen-bond donors (Lipinski definition) is 2. The molecule has 1 fully saturated rings. The van der Waals surface area contributed by atoms with Crippen molar-refractivity contribution in [2.45, 2.75) is 11.7 Å². The fraction of sp³-hybridized carbons (Fsp3) is 0.118. The molecule has 0 bridgehead atoms. The molecule has 3 amide bonds. The van der Waals surface area contributed by atoms with Crippen LogP contribution in [0.2, 0.25) is 0 Å². The first-order chi connectivity index (χ1) is 12.4. The Morgan fingerprint density at radius 3 is 2.31 bits per heavy atom. The van der Waals surface area contributed by atoms with E-state index < -0.39 is 10.2 Å². The van der Waals surface area contributed by atoms with Crippen LogP contribution in [0.1, 0.15) is 15.9 Å². The highest BCUT2D eigenvalue weighted by Gasteiger charge is 2.31. The maximum Gasteiger partial charge on any atom is 0.286 e. The van der Waals surface area contributed by atoms with E-state index >= 15 is 0 Å². The summed E-state index contributed by atoms with van der Waals surface area (Å²) >= 11 is 0.966. The van der Waals surface area contributed by atoms with Crippen LogP contribution in [0.25, 0.3) is 0 Å². The largest absolute Gasteiger partial charge is 0.322 e. The molecule has 0 saturated carbocycles. The summed E-state index contributed by atoms with van der Waals surface area (Å²) < 4.78 is 0. The monoisotopic (exact) mass is 371 g/mol. The smallest absolute Gasteiger partial charge is 0.286 e. The minimum absolute atomic E-state index is 0.0850. The molecular formula is C17H13N3O5S. The lowest BCUT2D eigenvalue weighted by molar-refractivity contribution is -0.384. The van der Waals surface area contributed by atoms with Crippen molar-refractivity contribution in [3.05, 3.63) is 69.8 Å². The Kier molecular flexibility index (Phi) is 4.99. The van der Waals surface area contributed by atoms with E-state index in [0.29, 0.717) is 17.7 Å². The standard InChI is InChI=1S/C17H13N3O5S/c21-15(11-3-7-13(8-4-11)20(24)25)18-12-5-1-10(2-6-12)9-14-16(22)19-17(23)26-14/h1-8,14H,9H2,(H,18,21)(H,19,22,23). The summed E-state index contributed by atoms with van der Waals surface area (Å²) in [6.07, 6.45) is 0.415. The molecule has 1 aliphatic heterocycles. The first-order valence-electron chi connectivity index (χ1n) is 7.58. The van der Waals surface area contributed by atoms with Crippen LogP contribution < -0.4 is 10.6 Å². The van der Waals surface area contributed by atoms with E-state index in [-0.39, 0.29) is 22.7 Å². The van der Waals surface area contributed by atoms with Crippen LogP contribution in [-0.2, 0) is 11.2 Å². The molecule has 9 heteroatoms. The number of nitrogens with one attached hydrogen (secondary N) is 2. The average molecular weight is 371 g/mol. The minimum atomic E-state index is -0.531. The summed E-state index contributed by atoms with van der Waals surface area (Å²) in [6, 6.07) is 12.2. The third-order valence-electron chi connectivity index (χ3n) is 3.74. The van der Waals surface area contributed by atoms with E-state index in [1.807, 2.05) is 0 Å². The maximum atomic E-state index is 12.2. The van der Waals surface area contributed by atoms with Gasteiger partial charge in [0.25, 0.3) is 16.8 Å². The van der Waals surface area contributed by atoms with Crippen molar-refractivity contribution in [2.75, 3.05) is 5.32 Å². The number of nitro benzene ring substituents is 1. The highest BCUT2D eigenvalue weighted by Crippen LogP contribution is 2.23. The first-order valence-corrected chi connectivity index (χ1v) is 8.46. The number of nitrogens with zero attached hydrogens (tertiary/aromatic N) is 1. The molecule has 8 nitrogen and oxygen atoms in total. The number of imide groups is 1. The van der Waals surface area contributed by atoms with Gasteiger partial charge in [-0.1, -0.05) is 23.9 Å². The molecular weight excluding hydrogens is 358 g/mol. The zero-order chi connectivity index (χ0) is 18.7. The number of anilines is 1.